The Balaban J connectivity index is 1.78. The number of carbonyl (C=O) groups is 2. The number of amides is 1. The number of hydrogen-bond donors (Lipinski definition) is 2. The molecule has 3 rings (SSSR count). The molecule has 0 aromatic heterocycles. The summed E-state index contributed by atoms with van der Waals surface area (Å²) in [7, 11) is 0. The summed E-state index contributed by atoms with van der Waals surface area (Å²) in [5.41, 5.74) is 4.56. The van der Waals surface area contributed by atoms with Gasteiger partial charge >= 0.3 is 12.1 Å². The third-order valence-corrected chi connectivity index (χ3v) is 5.50. The summed E-state index contributed by atoms with van der Waals surface area (Å²) in [5, 5.41) is 9.43. The summed E-state index contributed by atoms with van der Waals surface area (Å²) in [6.45, 7) is 2.51. The monoisotopic (exact) mass is 399 g/mol. The number of aliphatic carboxylic acids is 1. The Hall–Kier alpha value is -2.47. The Kier molecular flexibility index (Phi) is 6.62. The van der Waals surface area contributed by atoms with E-state index in [1.165, 1.54) is 4.90 Å². The van der Waals surface area contributed by atoms with Crippen molar-refractivity contribution >= 4 is 24.7 Å². The molecule has 0 aliphatic heterocycles. The number of ether oxygens (including phenoxy) is 1. The lowest BCUT2D eigenvalue weighted by molar-refractivity contribution is -0.141. The molecule has 0 radical (unpaired) electrons. The Morgan fingerprint density at radius 1 is 1.11 bits per heavy atom. The summed E-state index contributed by atoms with van der Waals surface area (Å²) < 4.78 is 5.62. The van der Waals surface area contributed by atoms with Gasteiger partial charge in [0.2, 0.25) is 0 Å². The summed E-state index contributed by atoms with van der Waals surface area (Å²) in [5.74, 6) is -1.08. The first kappa shape index (κ1) is 20.3. The fourth-order valence-electron chi connectivity index (χ4n) is 3.69. The average molecular weight is 400 g/mol. The van der Waals surface area contributed by atoms with Crippen LogP contribution < -0.4 is 0 Å². The molecule has 0 saturated carbocycles. The number of rotatable bonds is 8. The molecule has 6 heteroatoms. The second kappa shape index (κ2) is 9.15. The molecule has 0 fully saturated rings. The topological polar surface area (TPSA) is 66.8 Å². The maximum Gasteiger partial charge on any atom is 0.410 e. The van der Waals surface area contributed by atoms with Crippen LogP contribution in [-0.4, -0.2) is 47.0 Å². The quantitative estimate of drug-likeness (QED) is 0.645. The first-order chi connectivity index (χ1) is 13.6. The Morgan fingerprint density at radius 2 is 1.68 bits per heavy atom. The van der Waals surface area contributed by atoms with Gasteiger partial charge in [-0.15, -0.1) is 0 Å². The van der Waals surface area contributed by atoms with Crippen molar-refractivity contribution in [2.45, 2.75) is 31.7 Å². The largest absolute Gasteiger partial charge is 0.480 e. The van der Waals surface area contributed by atoms with E-state index >= 15 is 0 Å². The van der Waals surface area contributed by atoms with Crippen LogP contribution >= 0.6 is 12.6 Å². The molecule has 1 amide bonds. The van der Waals surface area contributed by atoms with Crippen molar-refractivity contribution < 1.29 is 19.4 Å². The maximum atomic E-state index is 12.7. The van der Waals surface area contributed by atoms with Crippen LogP contribution in [0.4, 0.5) is 4.79 Å². The van der Waals surface area contributed by atoms with Crippen molar-refractivity contribution in [3.8, 4) is 11.1 Å². The predicted octanol–water partition coefficient (Wildman–Crippen LogP) is 4.42. The molecule has 2 aromatic rings. The van der Waals surface area contributed by atoms with E-state index in [9.17, 15) is 14.7 Å². The van der Waals surface area contributed by atoms with Gasteiger partial charge < -0.3 is 9.84 Å². The van der Waals surface area contributed by atoms with E-state index < -0.39 is 18.1 Å². The van der Waals surface area contributed by atoms with Gasteiger partial charge in [0.15, 0.2) is 0 Å². The van der Waals surface area contributed by atoms with Gasteiger partial charge in [-0.3, -0.25) is 4.90 Å². The van der Waals surface area contributed by atoms with E-state index in [0.717, 1.165) is 28.7 Å². The zero-order chi connectivity index (χ0) is 20.1. The minimum atomic E-state index is -1.07. The number of thiol groups is 1. The summed E-state index contributed by atoms with van der Waals surface area (Å²) >= 11 is 4.11. The first-order valence-corrected chi connectivity index (χ1v) is 10.2. The third-order valence-electron chi connectivity index (χ3n) is 5.16. The van der Waals surface area contributed by atoms with E-state index in [2.05, 4.69) is 36.9 Å². The highest BCUT2D eigenvalue weighted by molar-refractivity contribution is 7.80. The summed E-state index contributed by atoms with van der Waals surface area (Å²) in [4.78, 5) is 25.6. The van der Waals surface area contributed by atoms with Crippen molar-refractivity contribution in [2.75, 3.05) is 18.9 Å². The molecule has 28 heavy (non-hydrogen) atoms. The smallest absolute Gasteiger partial charge is 0.410 e. The van der Waals surface area contributed by atoms with Crippen molar-refractivity contribution in [3.63, 3.8) is 0 Å². The molecule has 5 nitrogen and oxygen atoms in total. The van der Waals surface area contributed by atoms with E-state index in [1.807, 2.05) is 31.2 Å². The second-order valence-electron chi connectivity index (χ2n) is 6.89. The van der Waals surface area contributed by atoms with Crippen molar-refractivity contribution in [2.24, 2.45) is 0 Å². The number of carboxylic acid groups (broad SMARTS) is 1. The SMILES string of the molecule is CCCCN(C(=O)OCC1c2ccccc2-c2ccccc21)[C@@H](CS)C(=O)O. The van der Waals surface area contributed by atoms with E-state index in [4.69, 9.17) is 4.74 Å². The van der Waals surface area contributed by atoms with E-state index in [-0.39, 0.29) is 18.3 Å². The van der Waals surface area contributed by atoms with Gasteiger partial charge in [-0.2, -0.15) is 12.6 Å². The molecule has 1 aliphatic rings. The molecule has 148 valence electrons. The lowest BCUT2D eigenvalue weighted by Gasteiger charge is -2.28. The lowest BCUT2D eigenvalue weighted by Crippen LogP contribution is -2.47. The number of fused-ring (bicyclic) bond motifs is 3. The van der Waals surface area contributed by atoms with Gasteiger partial charge in [0.05, 0.1) is 0 Å². The van der Waals surface area contributed by atoms with Gasteiger partial charge in [-0.05, 0) is 28.7 Å². The van der Waals surface area contributed by atoms with Gasteiger partial charge in [0.1, 0.15) is 12.6 Å². The molecule has 0 spiro atoms. The van der Waals surface area contributed by atoms with Crippen LogP contribution in [0.2, 0.25) is 0 Å². The standard InChI is InChI=1S/C22H25NO4S/c1-2-3-12-23(20(14-28)21(24)25)22(26)27-13-19-17-10-6-4-8-15(17)16-9-5-7-11-18(16)19/h4-11,19-20,28H,2-3,12-14H2,1H3,(H,24,25)/t20-/m0/s1. The average Bonchev–Trinajstić information content (AvgIpc) is 3.03. The lowest BCUT2D eigenvalue weighted by atomic mass is 9.98. The zero-order valence-corrected chi connectivity index (χ0v) is 16.8. The number of unbranched alkanes of at least 4 members (excludes halogenated alkanes) is 1. The van der Waals surface area contributed by atoms with Crippen molar-refractivity contribution in [1.82, 2.24) is 4.90 Å². The Labute approximate surface area is 170 Å². The molecule has 0 heterocycles. The van der Waals surface area contributed by atoms with Gasteiger partial charge in [0.25, 0.3) is 0 Å². The molecule has 2 aromatic carbocycles. The number of benzene rings is 2. The molecule has 0 saturated heterocycles. The summed E-state index contributed by atoms with van der Waals surface area (Å²) in [6.07, 6.45) is 0.963. The highest BCUT2D eigenvalue weighted by Crippen LogP contribution is 2.44. The fourth-order valence-corrected chi connectivity index (χ4v) is 4.04. The Bertz CT molecular complexity index is 808. The van der Waals surface area contributed by atoms with Crippen LogP contribution in [0.3, 0.4) is 0 Å². The van der Waals surface area contributed by atoms with Crippen LogP contribution in [0.25, 0.3) is 11.1 Å². The molecular weight excluding hydrogens is 374 g/mol. The number of carbonyl (C=O) groups excluding carboxylic acids is 1. The molecule has 1 N–H and O–H groups in total. The highest BCUT2D eigenvalue weighted by Gasteiger charge is 2.32. The first-order valence-electron chi connectivity index (χ1n) is 9.53. The predicted molar refractivity (Wildman–Crippen MR) is 112 cm³/mol. The normalized spacial score (nSPS) is 13.5. The molecule has 0 unspecified atom stereocenters. The van der Waals surface area contributed by atoms with Crippen LogP contribution in [0, 0.1) is 0 Å². The van der Waals surface area contributed by atoms with Crippen LogP contribution in [0.15, 0.2) is 48.5 Å². The molecule has 0 bridgehead atoms. The van der Waals surface area contributed by atoms with Gasteiger partial charge in [0, 0.05) is 18.2 Å². The second-order valence-corrected chi connectivity index (χ2v) is 7.25. The minimum Gasteiger partial charge on any atom is -0.480 e. The number of nitrogens with zero attached hydrogens (tertiary/aromatic N) is 1. The van der Waals surface area contributed by atoms with Gasteiger partial charge in [-0.1, -0.05) is 61.9 Å². The highest BCUT2D eigenvalue weighted by atomic mass is 32.1. The summed E-state index contributed by atoms with van der Waals surface area (Å²) in [6, 6.07) is 15.2. The maximum absolute atomic E-state index is 12.7. The third kappa shape index (κ3) is 4.02. The van der Waals surface area contributed by atoms with Gasteiger partial charge in [-0.25, -0.2) is 9.59 Å². The number of hydrogen-bond acceptors (Lipinski definition) is 4. The molecule has 1 atom stereocenters. The molecule has 1 aliphatic carbocycles. The van der Waals surface area contributed by atoms with E-state index in [0.29, 0.717) is 13.0 Å². The van der Waals surface area contributed by atoms with Crippen LogP contribution in [-0.2, 0) is 9.53 Å². The van der Waals surface area contributed by atoms with Crippen molar-refractivity contribution in [3.05, 3.63) is 59.7 Å². The Morgan fingerprint density at radius 3 is 2.18 bits per heavy atom. The van der Waals surface area contributed by atoms with Crippen molar-refractivity contribution in [1.29, 1.82) is 0 Å². The molecular formula is C22H25NO4S. The minimum absolute atomic E-state index is 0.0449. The van der Waals surface area contributed by atoms with Crippen LogP contribution in [0.5, 0.6) is 0 Å². The zero-order valence-electron chi connectivity index (χ0n) is 15.9. The fraction of sp³-hybridized carbons (Fsp3) is 0.364. The van der Waals surface area contributed by atoms with E-state index in [1.54, 1.807) is 0 Å². The number of carboxylic acids is 1. The van der Waals surface area contributed by atoms with Crippen LogP contribution in [0.1, 0.15) is 36.8 Å².